The second-order valence-electron chi connectivity index (χ2n) is 4.65. The minimum absolute atomic E-state index is 0.755. The summed E-state index contributed by atoms with van der Waals surface area (Å²) in [5.41, 5.74) is 1.49. The maximum atomic E-state index is 3.64. The summed E-state index contributed by atoms with van der Waals surface area (Å²) in [7, 11) is 0. The Hall–Kier alpha value is -0.820. The molecule has 0 aliphatic carbocycles. The summed E-state index contributed by atoms with van der Waals surface area (Å²) in [5, 5.41) is 3.87. The van der Waals surface area contributed by atoms with Crippen LogP contribution in [0, 0.1) is 5.92 Å². The molecule has 0 bridgehead atoms. The molecule has 0 aliphatic heterocycles. The summed E-state index contributed by atoms with van der Waals surface area (Å²) < 4.78 is 0. The van der Waals surface area contributed by atoms with E-state index in [0.29, 0.717) is 0 Å². The van der Waals surface area contributed by atoms with Crippen molar-refractivity contribution in [2.75, 3.05) is 5.33 Å². The quantitative estimate of drug-likeness (QED) is 0.665. The molecule has 0 spiro atoms. The number of hydrogen-bond acceptors (Lipinski definition) is 0. The molecule has 1 heteroatoms. The first-order valence-electron chi connectivity index (χ1n) is 6.37. The predicted molar refractivity (Wildman–Crippen MR) is 79.8 cm³/mol. The van der Waals surface area contributed by atoms with Crippen molar-refractivity contribution in [3.8, 4) is 0 Å². The van der Waals surface area contributed by atoms with Crippen LogP contribution in [0.2, 0.25) is 0 Å². The summed E-state index contributed by atoms with van der Waals surface area (Å²) in [4.78, 5) is 0. The van der Waals surface area contributed by atoms with E-state index in [1.807, 2.05) is 0 Å². The average Bonchev–Trinajstić information content (AvgIpc) is 2.38. The normalized spacial score (nSPS) is 12.8. The lowest BCUT2D eigenvalue weighted by Crippen LogP contribution is -2.06. The van der Waals surface area contributed by atoms with E-state index >= 15 is 0 Å². The smallest absolute Gasteiger partial charge is 0.00628 e. The third kappa shape index (κ3) is 3.10. The maximum absolute atomic E-state index is 3.64. The van der Waals surface area contributed by atoms with E-state index in [2.05, 4.69) is 65.3 Å². The minimum atomic E-state index is 0.755. The van der Waals surface area contributed by atoms with Crippen molar-refractivity contribution in [2.24, 2.45) is 5.92 Å². The molecule has 2 aromatic rings. The van der Waals surface area contributed by atoms with Gasteiger partial charge in [0.2, 0.25) is 0 Å². The fourth-order valence-electron chi connectivity index (χ4n) is 2.42. The van der Waals surface area contributed by atoms with Crippen LogP contribution in [0.15, 0.2) is 42.5 Å². The van der Waals surface area contributed by atoms with Crippen molar-refractivity contribution >= 4 is 26.7 Å². The van der Waals surface area contributed by atoms with Crippen LogP contribution in [-0.2, 0) is 6.42 Å². The number of rotatable bonds is 5. The Kier molecular flexibility index (Phi) is 4.61. The van der Waals surface area contributed by atoms with Gasteiger partial charge < -0.3 is 0 Å². The van der Waals surface area contributed by atoms with Gasteiger partial charge in [0.05, 0.1) is 0 Å². The molecule has 17 heavy (non-hydrogen) atoms. The molecule has 2 aromatic carbocycles. The zero-order valence-corrected chi connectivity index (χ0v) is 11.9. The fourth-order valence-corrected chi connectivity index (χ4v) is 2.98. The van der Waals surface area contributed by atoms with Crippen LogP contribution in [0.4, 0.5) is 0 Å². The first kappa shape index (κ1) is 12.6. The molecule has 0 saturated heterocycles. The Labute approximate surface area is 112 Å². The highest BCUT2D eigenvalue weighted by Crippen LogP contribution is 2.23. The van der Waals surface area contributed by atoms with Gasteiger partial charge in [0, 0.05) is 5.33 Å². The van der Waals surface area contributed by atoms with Gasteiger partial charge in [0.1, 0.15) is 0 Å². The minimum Gasteiger partial charge on any atom is -0.0925 e. The van der Waals surface area contributed by atoms with Gasteiger partial charge in [0.25, 0.3) is 0 Å². The molecule has 0 aromatic heterocycles. The topological polar surface area (TPSA) is 0 Å². The highest BCUT2D eigenvalue weighted by molar-refractivity contribution is 9.09. The molecule has 90 valence electrons. The van der Waals surface area contributed by atoms with Crippen molar-refractivity contribution in [3.05, 3.63) is 48.0 Å². The molecule has 0 fully saturated rings. The summed E-state index contributed by atoms with van der Waals surface area (Å²) in [5.74, 6) is 0.755. The van der Waals surface area contributed by atoms with E-state index in [1.165, 1.54) is 35.6 Å². The number of fused-ring (bicyclic) bond motifs is 1. The van der Waals surface area contributed by atoms with Crippen molar-refractivity contribution in [2.45, 2.75) is 26.2 Å². The molecule has 0 aliphatic rings. The highest BCUT2D eigenvalue weighted by Gasteiger charge is 2.09. The van der Waals surface area contributed by atoms with Gasteiger partial charge in [-0.1, -0.05) is 71.7 Å². The number of hydrogen-bond donors (Lipinski definition) is 0. The fraction of sp³-hybridized carbons (Fsp3) is 0.375. The SMILES string of the molecule is CCCC(CBr)Cc1cccc2ccccc12. The molecule has 0 N–H and O–H groups in total. The number of benzene rings is 2. The van der Waals surface area contributed by atoms with Crippen LogP contribution in [0.25, 0.3) is 10.8 Å². The molecule has 2 rings (SSSR count). The van der Waals surface area contributed by atoms with Crippen LogP contribution in [-0.4, -0.2) is 5.33 Å². The third-order valence-electron chi connectivity index (χ3n) is 3.30. The zero-order valence-electron chi connectivity index (χ0n) is 10.3. The monoisotopic (exact) mass is 290 g/mol. The van der Waals surface area contributed by atoms with Gasteiger partial charge in [-0.25, -0.2) is 0 Å². The van der Waals surface area contributed by atoms with Crippen molar-refractivity contribution in [1.29, 1.82) is 0 Å². The van der Waals surface area contributed by atoms with Crippen LogP contribution in [0.1, 0.15) is 25.3 Å². The molecule has 0 saturated carbocycles. The molecule has 0 nitrogen and oxygen atoms in total. The van der Waals surface area contributed by atoms with Crippen LogP contribution < -0.4 is 0 Å². The van der Waals surface area contributed by atoms with Crippen molar-refractivity contribution < 1.29 is 0 Å². The average molecular weight is 291 g/mol. The number of alkyl halides is 1. The lowest BCUT2D eigenvalue weighted by molar-refractivity contribution is 0.536. The Bertz CT molecular complexity index is 470. The molecular weight excluding hydrogens is 272 g/mol. The van der Waals surface area contributed by atoms with Crippen molar-refractivity contribution in [1.82, 2.24) is 0 Å². The third-order valence-corrected chi connectivity index (χ3v) is 4.22. The van der Waals surface area contributed by atoms with Gasteiger partial charge in [0.15, 0.2) is 0 Å². The molecule has 0 heterocycles. The first-order valence-corrected chi connectivity index (χ1v) is 7.50. The Morgan fingerprint density at radius 2 is 1.82 bits per heavy atom. The summed E-state index contributed by atoms with van der Waals surface area (Å²) in [6.07, 6.45) is 3.75. The van der Waals surface area contributed by atoms with Gasteiger partial charge >= 0.3 is 0 Å². The van der Waals surface area contributed by atoms with E-state index in [1.54, 1.807) is 0 Å². The van der Waals surface area contributed by atoms with Crippen LogP contribution in [0.3, 0.4) is 0 Å². The lowest BCUT2D eigenvalue weighted by Gasteiger charge is -2.14. The Morgan fingerprint density at radius 1 is 1.06 bits per heavy atom. The first-order chi connectivity index (χ1) is 8.35. The zero-order chi connectivity index (χ0) is 12.1. The standard InChI is InChI=1S/C16H19Br/c1-2-6-13(12-17)11-15-9-5-8-14-7-3-4-10-16(14)15/h3-5,7-10,13H,2,6,11-12H2,1H3. The Balaban J connectivity index is 2.28. The lowest BCUT2D eigenvalue weighted by atomic mass is 9.93. The Morgan fingerprint density at radius 3 is 2.59 bits per heavy atom. The highest BCUT2D eigenvalue weighted by atomic mass is 79.9. The van der Waals surface area contributed by atoms with Gasteiger partial charge in [-0.2, -0.15) is 0 Å². The van der Waals surface area contributed by atoms with Crippen LogP contribution in [0.5, 0.6) is 0 Å². The molecule has 0 amide bonds. The van der Waals surface area contributed by atoms with E-state index < -0.39 is 0 Å². The summed E-state index contributed by atoms with van der Waals surface area (Å²) >= 11 is 3.64. The van der Waals surface area contributed by atoms with Crippen molar-refractivity contribution in [3.63, 3.8) is 0 Å². The largest absolute Gasteiger partial charge is 0.0925 e. The molecule has 1 atom stereocenters. The second kappa shape index (κ2) is 6.20. The van der Waals surface area contributed by atoms with E-state index in [4.69, 9.17) is 0 Å². The summed E-state index contributed by atoms with van der Waals surface area (Å²) in [6.45, 7) is 2.26. The van der Waals surface area contributed by atoms with Crippen LogP contribution >= 0.6 is 15.9 Å². The van der Waals surface area contributed by atoms with Gasteiger partial charge in [-0.3, -0.25) is 0 Å². The van der Waals surface area contributed by atoms with Gasteiger partial charge in [-0.05, 0) is 35.1 Å². The summed E-state index contributed by atoms with van der Waals surface area (Å²) in [6, 6.07) is 15.3. The number of halogens is 1. The molecule has 1 unspecified atom stereocenters. The second-order valence-corrected chi connectivity index (χ2v) is 5.30. The van der Waals surface area contributed by atoms with Gasteiger partial charge in [-0.15, -0.1) is 0 Å². The maximum Gasteiger partial charge on any atom is 0.00628 e. The predicted octanol–water partition coefficient (Wildman–Crippen LogP) is 5.19. The van der Waals surface area contributed by atoms with E-state index in [9.17, 15) is 0 Å². The van der Waals surface area contributed by atoms with E-state index in [-0.39, 0.29) is 0 Å². The molecular formula is C16H19Br. The molecule has 0 radical (unpaired) electrons. The van der Waals surface area contributed by atoms with E-state index in [0.717, 1.165) is 11.2 Å².